The third-order valence-electron chi connectivity index (χ3n) is 1.91. The van der Waals surface area contributed by atoms with Crippen molar-refractivity contribution >= 4 is 12.0 Å². The lowest BCUT2D eigenvalue weighted by Gasteiger charge is -2.08. The van der Waals surface area contributed by atoms with E-state index in [1.54, 1.807) is 13.8 Å². The van der Waals surface area contributed by atoms with Gasteiger partial charge in [-0.15, -0.1) is 0 Å². The molecule has 0 spiro atoms. The van der Waals surface area contributed by atoms with Gasteiger partial charge in [0, 0.05) is 12.1 Å². The Hall–Kier alpha value is -1.91. The van der Waals surface area contributed by atoms with Gasteiger partial charge in [0.2, 0.25) is 0 Å². The van der Waals surface area contributed by atoms with Gasteiger partial charge in [0.15, 0.2) is 6.29 Å². The van der Waals surface area contributed by atoms with Crippen LogP contribution in [0.5, 0.6) is 5.75 Å². The normalized spacial score (nSPS) is 9.73. The average Bonchev–Trinajstić information content (AvgIpc) is 2.20. The number of carbonyl (C=O) groups is 1. The Labute approximate surface area is 86.8 Å². The number of nitro benzene ring substituents is 1. The second kappa shape index (κ2) is 4.54. The van der Waals surface area contributed by atoms with Crippen molar-refractivity contribution in [2.45, 2.75) is 13.8 Å². The van der Waals surface area contributed by atoms with Gasteiger partial charge in [-0.05, 0) is 19.4 Å². The van der Waals surface area contributed by atoms with Crippen LogP contribution in [-0.4, -0.2) is 17.8 Å². The highest BCUT2D eigenvalue weighted by Crippen LogP contribution is 2.27. The van der Waals surface area contributed by atoms with E-state index in [1.807, 2.05) is 0 Å². The minimum Gasteiger partial charge on any atom is -0.493 e. The van der Waals surface area contributed by atoms with Gasteiger partial charge in [-0.2, -0.15) is 0 Å². The minimum atomic E-state index is -0.532. The van der Waals surface area contributed by atoms with Crippen LogP contribution < -0.4 is 4.74 Å². The van der Waals surface area contributed by atoms with Crippen LogP contribution in [0.25, 0.3) is 0 Å². The molecule has 15 heavy (non-hydrogen) atoms. The van der Waals surface area contributed by atoms with E-state index in [4.69, 9.17) is 4.74 Å². The Bertz CT molecular complexity index is 401. The Kier molecular flexibility index (Phi) is 3.38. The van der Waals surface area contributed by atoms with Gasteiger partial charge in [-0.3, -0.25) is 14.9 Å². The zero-order valence-electron chi connectivity index (χ0n) is 8.52. The highest BCUT2D eigenvalue weighted by Gasteiger charge is 2.14. The minimum absolute atomic E-state index is 0.0990. The van der Waals surface area contributed by atoms with Crippen molar-refractivity contribution in [3.05, 3.63) is 33.4 Å². The Morgan fingerprint density at radius 2 is 2.20 bits per heavy atom. The summed E-state index contributed by atoms with van der Waals surface area (Å²) >= 11 is 0. The molecular formula is C10H11NO4. The highest BCUT2D eigenvalue weighted by molar-refractivity contribution is 5.81. The molecule has 0 bridgehead atoms. The highest BCUT2D eigenvalue weighted by atomic mass is 16.6. The maximum atomic E-state index is 10.7. The van der Waals surface area contributed by atoms with E-state index in [1.165, 1.54) is 12.1 Å². The van der Waals surface area contributed by atoms with Crippen LogP contribution in [0.2, 0.25) is 0 Å². The number of hydrogen-bond acceptors (Lipinski definition) is 4. The predicted octanol–water partition coefficient (Wildman–Crippen LogP) is 2.11. The molecule has 0 saturated carbocycles. The molecule has 0 unspecified atom stereocenters. The summed E-state index contributed by atoms with van der Waals surface area (Å²) in [5, 5.41) is 10.5. The molecule has 0 heterocycles. The lowest BCUT2D eigenvalue weighted by atomic mass is 10.1. The predicted molar refractivity (Wildman–Crippen MR) is 54.4 cm³/mol. The molecule has 1 rings (SSSR count). The van der Waals surface area contributed by atoms with Crippen molar-refractivity contribution in [2.24, 2.45) is 0 Å². The van der Waals surface area contributed by atoms with Gasteiger partial charge in [0.05, 0.1) is 17.1 Å². The molecule has 0 fully saturated rings. The molecule has 0 aliphatic heterocycles. The SMILES string of the molecule is CCOc1c(C)cc([N+](=O)[O-])cc1C=O. The van der Waals surface area contributed by atoms with Crippen molar-refractivity contribution in [3.63, 3.8) is 0 Å². The molecular weight excluding hydrogens is 198 g/mol. The quantitative estimate of drug-likeness (QED) is 0.432. The summed E-state index contributed by atoms with van der Waals surface area (Å²) in [6, 6.07) is 2.60. The molecule has 5 nitrogen and oxygen atoms in total. The third kappa shape index (κ3) is 2.31. The molecule has 1 aromatic rings. The smallest absolute Gasteiger partial charge is 0.270 e. The molecule has 0 atom stereocenters. The van der Waals surface area contributed by atoms with Crippen LogP contribution in [0.4, 0.5) is 5.69 Å². The summed E-state index contributed by atoms with van der Waals surface area (Å²) in [6.07, 6.45) is 0.561. The van der Waals surface area contributed by atoms with E-state index in [9.17, 15) is 14.9 Å². The van der Waals surface area contributed by atoms with Crippen LogP contribution >= 0.6 is 0 Å². The first-order chi connectivity index (χ1) is 7.10. The average molecular weight is 209 g/mol. The molecule has 80 valence electrons. The molecule has 5 heteroatoms. The van der Waals surface area contributed by atoms with Crippen molar-refractivity contribution in [1.82, 2.24) is 0 Å². The van der Waals surface area contributed by atoms with E-state index in [2.05, 4.69) is 0 Å². The third-order valence-corrected chi connectivity index (χ3v) is 1.91. The van der Waals surface area contributed by atoms with Crippen molar-refractivity contribution in [3.8, 4) is 5.75 Å². The van der Waals surface area contributed by atoms with Crippen LogP contribution in [0, 0.1) is 17.0 Å². The Balaban J connectivity index is 3.30. The number of benzene rings is 1. The number of nitrogens with zero attached hydrogens (tertiary/aromatic N) is 1. The second-order valence-electron chi connectivity index (χ2n) is 2.99. The summed E-state index contributed by atoms with van der Waals surface area (Å²) in [5.41, 5.74) is 0.703. The largest absolute Gasteiger partial charge is 0.493 e. The lowest BCUT2D eigenvalue weighted by Crippen LogP contribution is -2.00. The van der Waals surface area contributed by atoms with Gasteiger partial charge in [-0.1, -0.05) is 0 Å². The number of hydrogen-bond donors (Lipinski definition) is 0. The second-order valence-corrected chi connectivity index (χ2v) is 2.99. The zero-order valence-corrected chi connectivity index (χ0v) is 8.52. The maximum Gasteiger partial charge on any atom is 0.270 e. The first-order valence-electron chi connectivity index (χ1n) is 4.47. The topological polar surface area (TPSA) is 69.4 Å². The van der Waals surface area contributed by atoms with Crippen molar-refractivity contribution in [1.29, 1.82) is 0 Å². The van der Waals surface area contributed by atoms with Crippen LogP contribution in [0.1, 0.15) is 22.8 Å². The molecule has 1 aromatic carbocycles. The van der Waals surface area contributed by atoms with Gasteiger partial charge in [0.1, 0.15) is 5.75 Å². The number of aryl methyl sites for hydroxylation is 1. The molecule has 0 radical (unpaired) electrons. The van der Waals surface area contributed by atoms with Crippen LogP contribution in [0.15, 0.2) is 12.1 Å². The molecule has 0 N–H and O–H groups in total. The standard InChI is InChI=1S/C10H11NO4/c1-3-15-10-7(2)4-9(11(13)14)5-8(10)6-12/h4-6H,3H2,1-2H3. The number of non-ortho nitro benzene ring substituents is 1. The van der Waals surface area contributed by atoms with Gasteiger partial charge in [-0.25, -0.2) is 0 Å². The molecule has 0 aliphatic carbocycles. The Morgan fingerprint density at radius 1 is 1.53 bits per heavy atom. The molecule has 0 aromatic heterocycles. The number of ether oxygens (including phenoxy) is 1. The number of carbonyl (C=O) groups excluding carboxylic acids is 1. The summed E-state index contributed by atoms with van der Waals surface area (Å²) in [4.78, 5) is 20.7. The zero-order chi connectivity index (χ0) is 11.4. The monoisotopic (exact) mass is 209 g/mol. The van der Waals surface area contributed by atoms with E-state index in [-0.39, 0.29) is 11.3 Å². The molecule has 0 aliphatic rings. The lowest BCUT2D eigenvalue weighted by molar-refractivity contribution is -0.384. The fourth-order valence-corrected chi connectivity index (χ4v) is 1.32. The van der Waals surface area contributed by atoms with Gasteiger partial charge < -0.3 is 4.74 Å². The van der Waals surface area contributed by atoms with Crippen LogP contribution in [0.3, 0.4) is 0 Å². The van der Waals surface area contributed by atoms with Crippen molar-refractivity contribution < 1.29 is 14.5 Å². The van der Waals surface area contributed by atoms with Crippen LogP contribution in [-0.2, 0) is 0 Å². The van der Waals surface area contributed by atoms with Gasteiger partial charge in [0.25, 0.3) is 5.69 Å². The summed E-state index contributed by atoms with van der Waals surface area (Å²) < 4.78 is 5.24. The van der Waals surface area contributed by atoms with Crippen molar-refractivity contribution in [2.75, 3.05) is 6.61 Å². The summed E-state index contributed by atoms with van der Waals surface area (Å²) in [5.74, 6) is 0.415. The van der Waals surface area contributed by atoms with E-state index >= 15 is 0 Å². The summed E-state index contributed by atoms with van der Waals surface area (Å²) in [7, 11) is 0. The number of aldehydes is 1. The fraction of sp³-hybridized carbons (Fsp3) is 0.300. The molecule has 0 amide bonds. The Morgan fingerprint density at radius 3 is 2.67 bits per heavy atom. The van der Waals surface area contributed by atoms with E-state index in [0.29, 0.717) is 24.2 Å². The maximum absolute atomic E-state index is 10.7. The molecule has 0 saturated heterocycles. The first-order valence-corrected chi connectivity index (χ1v) is 4.47. The van der Waals surface area contributed by atoms with Gasteiger partial charge >= 0.3 is 0 Å². The summed E-state index contributed by atoms with van der Waals surface area (Å²) in [6.45, 7) is 3.87. The fourth-order valence-electron chi connectivity index (χ4n) is 1.32. The first kappa shape index (κ1) is 11.2. The van der Waals surface area contributed by atoms with E-state index in [0.717, 1.165) is 0 Å². The van der Waals surface area contributed by atoms with E-state index < -0.39 is 4.92 Å². The number of rotatable bonds is 4. The number of nitro groups is 1.